The van der Waals surface area contributed by atoms with E-state index in [2.05, 4.69) is 5.32 Å². The molecule has 1 N–H and O–H groups in total. The van der Waals surface area contributed by atoms with E-state index in [9.17, 15) is 4.79 Å². The molecule has 0 aliphatic heterocycles. The van der Waals surface area contributed by atoms with Gasteiger partial charge in [-0.25, -0.2) is 0 Å². The zero-order valence-electron chi connectivity index (χ0n) is 5.78. The number of amides is 1. The summed E-state index contributed by atoms with van der Waals surface area (Å²) in [7, 11) is 0. The maximum atomic E-state index is 10.4. The Hall–Kier alpha value is -0.240. The molecule has 0 saturated heterocycles. The van der Waals surface area contributed by atoms with Crippen LogP contribution in [-0.2, 0) is 4.79 Å². The van der Waals surface area contributed by atoms with Crippen molar-refractivity contribution in [2.75, 3.05) is 5.88 Å². The van der Waals surface area contributed by atoms with Gasteiger partial charge in [-0.3, -0.25) is 4.79 Å². The topological polar surface area (TPSA) is 29.1 Å². The number of hydrogen-bond donors (Lipinski definition) is 1. The van der Waals surface area contributed by atoms with Crippen LogP contribution in [0.2, 0.25) is 0 Å². The van der Waals surface area contributed by atoms with E-state index in [0.29, 0.717) is 5.88 Å². The summed E-state index contributed by atoms with van der Waals surface area (Å²) in [4.78, 5) is 10.4. The third kappa shape index (κ3) is 5.63. The van der Waals surface area contributed by atoms with Crippen LogP contribution in [-0.4, -0.2) is 17.8 Å². The largest absolute Gasteiger partial charge is 0.354 e. The van der Waals surface area contributed by atoms with Crippen molar-refractivity contribution in [2.24, 2.45) is 0 Å². The Labute approximate surface area is 60.6 Å². The number of hydrogen-bond acceptors (Lipinski definition) is 1. The molecular formula is C6H12ClNO. The second-order valence-electron chi connectivity index (χ2n) is 2.08. The molecule has 0 saturated carbocycles. The molecule has 54 valence electrons. The van der Waals surface area contributed by atoms with Crippen LogP contribution in [0.3, 0.4) is 0 Å². The summed E-state index contributed by atoms with van der Waals surface area (Å²) in [5.41, 5.74) is 0. The maximum absolute atomic E-state index is 10.4. The molecule has 0 radical (unpaired) electrons. The highest BCUT2D eigenvalue weighted by Crippen LogP contribution is 1.91. The van der Waals surface area contributed by atoms with E-state index in [-0.39, 0.29) is 11.9 Å². The first kappa shape index (κ1) is 8.76. The molecular weight excluding hydrogens is 138 g/mol. The van der Waals surface area contributed by atoms with Gasteiger partial charge in [0.15, 0.2) is 0 Å². The van der Waals surface area contributed by atoms with Gasteiger partial charge in [0.25, 0.3) is 0 Å². The zero-order valence-corrected chi connectivity index (χ0v) is 6.53. The van der Waals surface area contributed by atoms with Crippen molar-refractivity contribution in [2.45, 2.75) is 26.3 Å². The fraction of sp³-hybridized carbons (Fsp3) is 0.833. The molecule has 0 bridgehead atoms. The van der Waals surface area contributed by atoms with Gasteiger partial charge in [-0.15, -0.1) is 11.6 Å². The van der Waals surface area contributed by atoms with E-state index >= 15 is 0 Å². The van der Waals surface area contributed by atoms with Crippen LogP contribution in [0.1, 0.15) is 20.3 Å². The smallest absolute Gasteiger partial charge is 0.217 e. The van der Waals surface area contributed by atoms with Gasteiger partial charge >= 0.3 is 0 Å². The average Bonchev–Trinajstić information content (AvgIpc) is 1.63. The molecule has 1 unspecified atom stereocenters. The van der Waals surface area contributed by atoms with Crippen molar-refractivity contribution in [3.8, 4) is 0 Å². The Bertz CT molecular complexity index is 95.1. The lowest BCUT2D eigenvalue weighted by Gasteiger charge is -2.08. The van der Waals surface area contributed by atoms with E-state index in [1.807, 2.05) is 6.92 Å². The summed E-state index contributed by atoms with van der Waals surface area (Å²) in [5, 5.41) is 2.72. The number of carbonyl (C=O) groups is 1. The minimum Gasteiger partial charge on any atom is -0.354 e. The molecule has 0 aliphatic rings. The van der Waals surface area contributed by atoms with Gasteiger partial charge in [-0.05, 0) is 13.3 Å². The third-order valence-corrected chi connectivity index (χ3v) is 1.21. The van der Waals surface area contributed by atoms with E-state index < -0.39 is 0 Å². The molecule has 0 heterocycles. The van der Waals surface area contributed by atoms with Crippen LogP contribution in [0.5, 0.6) is 0 Å². The van der Waals surface area contributed by atoms with Crippen LogP contribution in [0.15, 0.2) is 0 Å². The van der Waals surface area contributed by atoms with Crippen LogP contribution in [0.25, 0.3) is 0 Å². The molecule has 9 heavy (non-hydrogen) atoms. The molecule has 0 aromatic heterocycles. The molecule has 0 aromatic carbocycles. The highest BCUT2D eigenvalue weighted by atomic mass is 35.5. The summed E-state index contributed by atoms with van der Waals surface area (Å²) < 4.78 is 0. The monoisotopic (exact) mass is 149 g/mol. The van der Waals surface area contributed by atoms with Crippen molar-refractivity contribution in [3.05, 3.63) is 0 Å². The van der Waals surface area contributed by atoms with E-state index in [1.54, 1.807) is 0 Å². The lowest BCUT2D eigenvalue weighted by atomic mass is 10.2. The molecule has 0 aromatic rings. The van der Waals surface area contributed by atoms with Gasteiger partial charge in [-0.1, -0.05) is 0 Å². The molecule has 3 heteroatoms. The molecule has 2 nitrogen and oxygen atoms in total. The first-order valence-electron chi connectivity index (χ1n) is 3.00. The highest BCUT2D eigenvalue weighted by Gasteiger charge is 1.99. The van der Waals surface area contributed by atoms with Crippen LogP contribution >= 0.6 is 11.6 Å². The molecule has 0 aliphatic carbocycles. The average molecular weight is 150 g/mol. The van der Waals surface area contributed by atoms with E-state index in [4.69, 9.17) is 11.6 Å². The van der Waals surface area contributed by atoms with Crippen molar-refractivity contribution >= 4 is 17.5 Å². The van der Waals surface area contributed by atoms with Crippen molar-refractivity contribution in [3.63, 3.8) is 0 Å². The maximum Gasteiger partial charge on any atom is 0.217 e. The number of carbonyl (C=O) groups excluding carboxylic acids is 1. The molecule has 1 atom stereocenters. The predicted molar refractivity (Wildman–Crippen MR) is 38.6 cm³/mol. The standard InChI is InChI=1S/C6H12ClNO/c1-5(3-4-7)8-6(2)9/h5H,3-4H2,1-2H3,(H,8,9). The van der Waals surface area contributed by atoms with Crippen molar-refractivity contribution in [1.82, 2.24) is 5.32 Å². The number of rotatable bonds is 3. The van der Waals surface area contributed by atoms with E-state index in [0.717, 1.165) is 6.42 Å². The molecule has 0 fully saturated rings. The Kier molecular flexibility index (Phi) is 4.50. The van der Waals surface area contributed by atoms with Gasteiger partial charge in [0.05, 0.1) is 0 Å². The minimum absolute atomic E-state index is 0.00705. The van der Waals surface area contributed by atoms with Gasteiger partial charge < -0.3 is 5.32 Å². The van der Waals surface area contributed by atoms with Crippen molar-refractivity contribution in [1.29, 1.82) is 0 Å². The van der Waals surface area contributed by atoms with Gasteiger partial charge in [-0.2, -0.15) is 0 Å². The summed E-state index contributed by atoms with van der Waals surface area (Å²) >= 11 is 5.43. The fourth-order valence-corrected chi connectivity index (χ4v) is 0.910. The second-order valence-corrected chi connectivity index (χ2v) is 2.46. The quantitative estimate of drug-likeness (QED) is 0.600. The number of alkyl halides is 1. The van der Waals surface area contributed by atoms with Crippen LogP contribution in [0, 0.1) is 0 Å². The predicted octanol–water partition coefficient (Wildman–Crippen LogP) is 1.14. The summed E-state index contributed by atoms with van der Waals surface area (Å²) in [6, 6.07) is 0.208. The summed E-state index contributed by atoms with van der Waals surface area (Å²) in [6.07, 6.45) is 0.834. The van der Waals surface area contributed by atoms with E-state index in [1.165, 1.54) is 6.92 Å². The third-order valence-electron chi connectivity index (χ3n) is 0.992. The highest BCUT2D eigenvalue weighted by molar-refractivity contribution is 6.17. The number of halogens is 1. The Balaban J connectivity index is 3.26. The first-order valence-corrected chi connectivity index (χ1v) is 3.53. The summed E-state index contributed by atoms with van der Waals surface area (Å²) in [6.45, 7) is 3.44. The lowest BCUT2D eigenvalue weighted by molar-refractivity contribution is -0.119. The second kappa shape index (κ2) is 4.62. The fourth-order valence-electron chi connectivity index (χ4n) is 0.583. The lowest BCUT2D eigenvalue weighted by Crippen LogP contribution is -2.30. The van der Waals surface area contributed by atoms with Crippen LogP contribution < -0.4 is 5.32 Å². The van der Waals surface area contributed by atoms with Gasteiger partial charge in [0, 0.05) is 18.8 Å². The Morgan fingerprint density at radius 2 is 2.33 bits per heavy atom. The van der Waals surface area contributed by atoms with Crippen LogP contribution in [0.4, 0.5) is 0 Å². The Morgan fingerprint density at radius 1 is 1.78 bits per heavy atom. The normalized spacial score (nSPS) is 12.8. The van der Waals surface area contributed by atoms with Gasteiger partial charge in [0.1, 0.15) is 0 Å². The number of nitrogens with one attached hydrogen (secondary N) is 1. The first-order chi connectivity index (χ1) is 4.16. The Morgan fingerprint density at radius 3 is 2.67 bits per heavy atom. The SMILES string of the molecule is CC(=O)NC(C)CCCl. The summed E-state index contributed by atoms with van der Waals surface area (Å²) in [5.74, 6) is 0.606. The molecule has 0 spiro atoms. The molecule has 0 rings (SSSR count). The minimum atomic E-state index is 0.00705. The molecule has 1 amide bonds. The van der Waals surface area contributed by atoms with Crippen molar-refractivity contribution < 1.29 is 4.79 Å². The van der Waals surface area contributed by atoms with Gasteiger partial charge in [0.2, 0.25) is 5.91 Å². The zero-order chi connectivity index (χ0) is 7.28.